The van der Waals surface area contributed by atoms with Crippen LogP contribution in [0.4, 0.5) is 0 Å². The van der Waals surface area contributed by atoms with Gasteiger partial charge in [-0.15, -0.1) is 0 Å². The van der Waals surface area contributed by atoms with E-state index in [1.54, 1.807) is 0 Å². The molecule has 0 saturated carbocycles. The Bertz CT molecular complexity index is 329. The second kappa shape index (κ2) is 9.27. The molecular formula is C17H26S. The van der Waals surface area contributed by atoms with Crippen LogP contribution in [0.25, 0.3) is 0 Å². The summed E-state index contributed by atoms with van der Waals surface area (Å²) in [6.07, 6.45) is 9.10. The van der Waals surface area contributed by atoms with Gasteiger partial charge in [0.2, 0.25) is 0 Å². The fourth-order valence-electron chi connectivity index (χ4n) is 2.27. The highest BCUT2D eigenvalue weighted by molar-refractivity contribution is 7.80. The van der Waals surface area contributed by atoms with E-state index in [0.717, 1.165) is 17.2 Å². The Kier molecular flexibility index (Phi) is 7.91. The van der Waals surface area contributed by atoms with Gasteiger partial charge in [-0.25, -0.2) is 0 Å². The largest absolute Gasteiger partial charge is 0.0843 e. The van der Waals surface area contributed by atoms with Gasteiger partial charge in [-0.3, -0.25) is 0 Å². The third kappa shape index (κ3) is 6.30. The average molecular weight is 262 g/mol. The zero-order valence-corrected chi connectivity index (χ0v) is 12.6. The first-order chi connectivity index (χ1) is 8.74. The van der Waals surface area contributed by atoms with Crippen molar-refractivity contribution in [1.82, 2.24) is 0 Å². The van der Waals surface area contributed by atoms with Gasteiger partial charge in [0.1, 0.15) is 0 Å². The first-order valence-corrected chi connectivity index (χ1v) is 7.73. The lowest BCUT2D eigenvalue weighted by molar-refractivity contribution is 0.455. The SMILES string of the molecule is CCCCCC(C)CCCC(=S)c1ccccc1. The molecule has 1 unspecified atom stereocenters. The summed E-state index contributed by atoms with van der Waals surface area (Å²) in [5.41, 5.74) is 1.23. The highest BCUT2D eigenvalue weighted by Gasteiger charge is 2.04. The van der Waals surface area contributed by atoms with Crippen LogP contribution in [0.1, 0.15) is 64.4 Å². The Morgan fingerprint density at radius 2 is 1.72 bits per heavy atom. The zero-order chi connectivity index (χ0) is 13.2. The van der Waals surface area contributed by atoms with Crippen LogP contribution in [-0.4, -0.2) is 4.86 Å². The van der Waals surface area contributed by atoms with Gasteiger partial charge < -0.3 is 0 Å². The molecule has 0 nitrogen and oxygen atoms in total. The summed E-state index contributed by atoms with van der Waals surface area (Å²) < 4.78 is 0. The van der Waals surface area contributed by atoms with E-state index < -0.39 is 0 Å². The molecule has 0 N–H and O–H groups in total. The maximum atomic E-state index is 5.48. The van der Waals surface area contributed by atoms with Gasteiger partial charge in [-0.2, -0.15) is 0 Å². The fourth-order valence-corrected chi connectivity index (χ4v) is 2.55. The molecule has 0 aliphatic heterocycles. The molecule has 1 rings (SSSR count). The second-order valence-corrected chi connectivity index (χ2v) is 5.78. The van der Waals surface area contributed by atoms with Gasteiger partial charge in [0.05, 0.1) is 0 Å². The van der Waals surface area contributed by atoms with Crippen molar-refractivity contribution in [3.63, 3.8) is 0 Å². The lowest BCUT2D eigenvalue weighted by atomic mass is 9.96. The van der Waals surface area contributed by atoms with E-state index in [-0.39, 0.29) is 0 Å². The van der Waals surface area contributed by atoms with Crippen molar-refractivity contribution in [3.8, 4) is 0 Å². The van der Waals surface area contributed by atoms with Crippen molar-refractivity contribution in [2.45, 2.75) is 58.8 Å². The Hall–Kier alpha value is -0.690. The molecule has 0 fully saturated rings. The minimum absolute atomic E-state index is 0.857. The molecule has 100 valence electrons. The molecule has 0 bridgehead atoms. The first kappa shape index (κ1) is 15.4. The van der Waals surface area contributed by atoms with Crippen LogP contribution in [-0.2, 0) is 0 Å². The number of hydrogen-bond donors (Lipinski definition) is 0. The zero-order valence-electron chi connectivity index (χ0n) is 11.8. The molecule has 0 aliphatic rings. The lowest BCUT2D eigenvalue weighted by Gasteiger charge is -2.11. The molecule has 1 aromatic carbocycles. The second-order valence-electron chi connectivity index (χ2n) is 5.28. The molecule has 0 heterocycles. The van der Waals surface area contributed by atoms with E-state index in [9.17, 15) is 0 Å². The molecule has 0 amide bonds. The van der Waals surface area contributed by atoms with Gasteiger partial charge in [0.15, 0.2) is 0 Å². The summed E-state index contributed by atoms with van der Waals surface area (Å²) in [7, 11) is 0. The number of rotatable bonds is 9. The van der Waals surface area contributed by atoms with Crippen LogP contribution < -0.4 is 0 Å². The molecule has 0 radical (unpaired) electrons. The van der Waals surface area contributed by atoms with Crippen molar-refractivity contribution in [2.24, 2.45) is 5.92 Å². The monoisotopic (exact) mass is 262 g/mol. The summed E-state index contributed by atoms with van der Waals surface area (Å²) in [6, 6.07) is 10.4. The average Bonchev–Trinajstić information content (AvgIpc) is 2.40. The maximum Gasteiger partial charge on any atom is 0.0224 e. The Labute approximate surface area is 118 Å². The summed E-state index contributed by atoms with van der Waals surface area (Å²) in [4.78, 5) is 1.12. The van der Waals surface area contributed by atoms with E-state index in [4.69, 9.17) is 12.2 Å². The molecule has 0 aliphatic carbocycles. The molecule has 0 spiro atoms. The van der Waals surface area contributed by atoms with Gasteiger partial charge in [-0.05, 0) is 24.3 Å². The highest BCUT2D eigenvalue weighted by Crippen LogP contribution is 2.17. The minimum Gasteiger partial charge on any atom is -0.0843 e. The van der Waals surface area contributed by atoms with E-state index in [1.807, 2.05) is 6.07 Å². The first-order valence-electron chi connectivity index (χ1n) is 7.32. The quantitative estimate of drug-likeness (QED) is 0.308. The van der Waals surface area contributed by atoms with Gasteiger partial charge in [0, 0.05) is 4.86 Å². The van der Waals surface area contributed by atoms with E-state index in [1.165, 1.54) is 44.1 Å². The number of thiocarbonyl (C=S) groups is 1. The molecule has 18 heavy (non-hydrogen) atoms. The summed E-state index contributed by atoms with van der Waals surface area (Å²) >= 11 is 5.48. The molecule has 1 aromatic rings. The Balaban J connectivity index is 2.16. The summed E-state index contributed by atoms with van der Waals surface area (Å²) in [5, 5.41) is 0. The summed E-state index contributed by atoms with van der Waals surface area (Å²) in [5.74, 6) is 0.857. The van der Waals surface area contributed by atoms with Crippen molar-refractivity contribution >= 4 is 17.1 Å². The van der Waals surface area contributed by atoms with Gasteiger partial charge >= 0.3 is 0 Å². The predicted octanol–water partition coefficient (Wildman–Crippen LogP) is 5.79. The van der Waals surface area contributed by atoms with Crippen LogP contribution in [0.5, 0.6) is 0 Å². The molecule has 0 saturated heterocycles. The smallest absolute Gasteiger partial charge is 0.0224 e. The van der Waals surface area contributed by atoms with Crippen LogP contribution in [0.3, 0.4) is 0 Å². The molecule has 1 heteroatoms. The van der Waals surface area contributed by atoms with Crippen molar-refractivity contribution in [3.05, 3.63) is 35.9 Å². The Morgan fingerprint density at radius 1 is 1.06 bits per heavy atom. The normalized spacial score (nSPS) is 12.3. The van der Waals surface area contributed by atoms with Crippen LogP contribution >= 0.6 is 12.2 Å². The lowest BCUT2D eigenvalue weighted by Crippen LogP contribution is -2.00. The van der Waals surface area contributed by atoms with Gasteiger partial charge in [-0.1, -0.05) is 88.5 Å². The minimum atomic E-state index is 0.857. The van der Waals surface area contributed by atoms with E-state index in [0.29, 0.717) is 0 Å². The maximum absolute atomic E-state index is 5.48. The van der Waals surface area contributed by atoms with Crippen LogP contribution in [0.2, 0.25) is 0 Å². The molecular weight excluding hydrogens is 236 g/mol. The van der Waals surface area contributed by atoms with Crippen molar-refractivity contribution in [2.75, 3.05) is 0 Å². The number of hydrogen-bond acceptors (Lipinski definition) is 1. The summed E-state index contributed by atoms with van der Waals surface area (Å²) in [6.45, 7) is 4.64. The third-order valence-corrected chi connectivity index (χ3v) is 3.94. The molecule has 0 aromatic heterocycles. The van der Waals surface area contributed by atoms with Crippen LogP contribution in [0, 0.1) is 5.92 Å². The van der Waals surface area contributed by atoms with E-state index in [2.05, 4.69) is 38.1 Å². The van der Waals surface area contributed by atoms with E-state index >= 15 is 0 Å². The number of benzene rings is 1. The highest BCUT2D eigenvalue weighted by atomic mass is 32.1. The fraction of sp³-hybridized carbons (Fsp3) is 0.588. The standard InChI is InChI=1S/C17H26S/c1-3-4-6-10-15(2)11-9-14-17(18)16-12-7-5-8-13-16/h5,7-8,12-13,15H,3-4,6,9-11,14H2,1-2H3. The third-order valence-electron chi connectivity index (χ3n) is 3.50. The number of unbranched alkanes of at least 4 members (excludes halogenated alkanes) is 2. The van der Waals surface area contributed by atoms with Crippen molar-refractivity contribution in [1.29, 1.82) is 0 Å². The topological polar surface area (TPSA) is 0 Å². The van der Waals surface area contributed by atoms with Gasteiger partial charge in [0.25, 0.3) is 0 Å². The van der Waals surface area contributed by atoms with Crippen molar-refractivity contribution < 1.29 is 0 Å². The van der Waals surface area contributed by atoms with Crippen LogP contribution in [0.15, 0.2) is 30.3 Å². The predicted molar refractivity (Wildman–Crippen MR) is 85.3 cm³/mol. The molecule has 1 atom stereocenters. The Morgan fingerprint density at radius 3 is 2.39 bits per heavy atom.